The van der Waals surface area contributed by atoms with E-state index in [9.17, 15) is 9.59 Å². The Hall–Kier alpha value is -2.64. The van der Waals surface area contributed by atoms with Crippen LogP contribution in [0, 0.1) is 0 Å². The van der Waals surface area contributed by atoms with E-state index in [1.54, 1.807) is 7.11 Å². The first-order valence-electron chi connectivity index (χ1n) is 8.69. The topological polar surface area (TPSA) is 68.3 Å². The lowest BCUT2D eigenvalue weighted by Gasteiger charge is -2.06. The maximum Gasteiger partial charge on any atom is 0.226 e. The molecule has 1 amide bonds. The van der Waals surface area contributed by atoms with Crippen molar-refractivity contribution < 1.29 is 14.3 Å². The Kier molecular flexibility index (Phi) is 7.22. The number of nitrogens with zero attached hydrogens (tertiary/aromatic N) is 1. The molecule has 0 fully saturated rings. The molecule has 2 aromatic carbocycles. The van der Waals surface area contributed by atoms with Crippen molar-refractivity contribution >= 4 is 34.8 Å². The molecule has 0 radical (unpaired) electrons. The number of amides is 1. The molecule has 0 aliphatic heterocycles. The third-order valence-corrected chi connectivity index (χ3v) is 5.99. The Balaban J connectivity index is 1.46. The first kappa shape index (κ1) is 20.1. The van der Waals surface area contributed by atoms with Gasteiger partial charge in [-0.05, 0) is 17.7 Å². The van der Waals surface area contributed by atoms with Crippen LogP contribution in [0.15, 0.2) is 64.3 Å². The summed E-state index contributed by atoms with van der Waals surface area (Å²) in [6, 6.07) is 16.8. The number of thioether (sulfide) groups is 1. The summed E-state index contributed by atoms with van der Waals surface area (Å²) in [5.74, 6) is 1.07. The number of ether oxygens (including phenoxy) is 1. The number of benzene rings is 2. The minimum absolute atomic E-state index is 0.0679. The number of thiazole rings is 1. The molecule has 144 valence electrons. The van der Waals surface area contributed by atoms with Gasteiger partial charge in [-0.15, -0.1) is 11.3 Å². The predicted molar refractivity (Wildman–Crippen MR) is 112 cm³/mol. The van der Waals surface area contributed by atoms with E-state index in [-0.39, 0.29) is 18.1 Å². The minimum Gasteiger partial charge on any atom is -0.497 e. The molecule has 0 spiro atoms. The lowest BCUT2D eigenvalue weighted by atomic mass is 10.2. The summed E-state index contributed by atoms with van der Waals surface area (Å²) in [5.41, 5.74) is 2.38. The summed E-state index contributed by atoms with van der Waals surface area (Å²) in [7, 11) is 1.61. The van der Waals surface area contributed by atoms with Gasteiger partial charge in [0.1, 0.15) is 5.75 Å². The summed E-state index contributed by atoms with van der Waals surface area (Å²) >= 11 is 2.85. The molecule has 28 heavy (non-hydrogen) atoms. The van der Waals surface area contributed by atoms with E-state index >= 15 is 0 Å². The number of Topliss-reactive ketones (excluding diaryl/α,β-unsaturated/α-hetero) is 1. The monoisotopic (exact) mass is 412 g/mol. The normalized spacial score (nSPS) is 10.5. The SMILES string of the molecule is COc1cccc(CNC(=O)Cc2csc(SCC(=O)c3ccccc3)n2)c1. The summed E-state index contributed by atoms with van der Waals surface area (Å²) in [5, 5.41) is 4.75. The average molecular weight is 413 g/mol. The fraction of sp³-hybridized carbons (Fsp3) is 0.190. The van der Waals surface area contributed by atoms with Crippen LogP contribution in [-0.4, -0.2) is 29.5 Å². The summed E-state index contributed by atoms with van der Waals surface area (Å²) in [6.45, 7) is 0.438. The van der Waals surface area contributed by atoms with Gasteiger partial charge in [0.15, 0.2) is 10.1 Å². The molecular formula is C21H20N2O3S2. The molecule has 0 saturated carbocycles. The van der Waals surface area contributed by atoms with Gasteiger partial charge in [0, 0.05) is 17.5 Å². The Bertz CT molecular complexity index is 942. The van der Waals surface area contributed by atoms with Crippen LogP contribution >= 0.6 is 23.1 Å². The molecular weight excluding hydrogens is 392 g/mol. The lowest BCUT2D eigenvalue weighted by molar-refractivity contribution is -0.120. The van der Waals surface area contributed by atoms with Crippen LogP contribution < -0.4 is 10.1 Å². The maximum absolute atomic E-state index is 12.2. The van der Waals surface area contributed by atoms with Gasteiger partial charge in [0.05, 0.1) is 25.0 Å². The molecule has 0 aliphatic rings. The van der Waals surface area contributed by atoms with Crippen molar-refractivity contribution in [1.29, 1.82) is 0 Å². The zero-order chi connectivity index (χ0) is 19.8. The molecule has 3 rings (SSSR count). The van der Waals surface area contributed by atoms with Crippen LogP contribution in [0.2, 0.25) is 0 Å². The number of ketones is 1. The number of rotatable bonds is 9. The highest BCUT2D eigenvalue weighted by Crippen LogP contribution is 2.24. The molecule has 0 atom stereocenters. The van der Waals surface area contributed by atoms with Gasteiger partial charge in [-0.2, -0.15) is 0 Å². The Labute approximate surface area is 172 Å². The number of carbonyl (C=O) groups is 2. The minimum atomic E-state index is -0.0926. The van der Waals surface area contributed by atoms with Gasteiger partial charge < -0.3 is 10.1 Å². The number of methoxy groups -OCH3 is 1. The molecule has 1 heterocycles. The Morgan fingerprint density at radius 3 is 2.75 bits per heavy atom. The fourth-order valence-electron chi connectivity index (χ4n) is 2.48. The van der Waals surface area contributed by atoms with Crippen molar-refractivity contribution in [3.63, 3.8) is 0 Å². The molecule has 0 bridgehead atoms. The van der Waals surface area contributed by atoms with Gasteiger partial charge in [-0.3, -0.25) is 9.59 Å². The fourth-order valence-corrected chi connectivity index (χ4v) is 4.22. The molecule has 0 saturated heterocycles. The van der Waals surface area contributed by atoms with E-state index in [4.69, 9.17) is 4.74 Å². The standard InChI is InChI=1S/C21H20N2O3S2/c1-26-18-9-5-6-15(10-18)12-22-20(25)11-17-13-27-21(23-17)28-14-19(24)16-7-3-2-4-8-16/h2-10,13H,11-12,14H2,1H3,(H,22,25). The van der Waals surface area contributed by atoms with Gasteiger partial charge in [0.2, 0.25) is 5.91 Å². The second-order valence-corrected chi connectivity index (χ2v) is 8.07. The number of carbonyl (C=O) groups excluding carboxylic acids is 2. The smallest absolute Gasteiger partial charge is 0.226 e. The molecule has 7 heteroatoms. The Morgan fingerprint density at radius 1 is 1.14 bits per heavy atom. The van der Waals surface area contributed by atoms with Crippen molar-refractivity contribution in [3.8, 4) is 5.75 Å². The van der Waals surface area contributed by atoms with E-state index in [2.05, 4.69) is 10.3 Å². The van der Waals surface area contributed by atoms with Crippen LogP contribution in [-0.2, 0) is 17.8 Å². The van der Waals surface area contributed by atoms with Crippen LogP contribution in [0.4, 0.5) is 0 Å². The van der Waals surface area contributed by atoms with Crippen molar-refractivity contribution in [2.75, 3.05) is 12.9 Å². The van der Waals surface area contributed by atoms with Crippen molar-refractivity contribution in [3.05, 3.63) is 76.8 Å². The van der Waals surface area contributed by atoms with Crippen LogP contribution in [0.5, 0.6) is 5.75 Å². The predicted octanol–water partition coefficient (Wildman–Crippen LogP) is 3.99. The maximum atomic E-state index is 12.2. The van der Waals surface area contributed by atoms with Crippen LogP contribution in [0.1, 0.15) is 21.6 Å². The zero-order valence-corrected chi connectivity index (χ0v) is 17.0. The largest absolute Gasteiger partial charge is 0.497 e. The van der Waals surface area contributed by atoms with E-state index in [0.29, 0.717) is 23.6 Å². The lowest BCUT2D eigenvalue weighted by Crippen LogP contribution is -2.24. The number of aromatic nitrogens is 1. The third kappa shape index (κ3) is 5.94. The number of hydrogen-bond acceptors (Lipinski definition) is 6. The second kappa shape index (κ2) is 10.1. The molecule has 3 aromatic rings. The van der Waals surface area contributed by atoms with Crippen molar-refractivity contribution in [1.82, 2.24) is 10.3 Å². The van der Waals surface area contributed by atoms with E-state index in [1.165, 1.54) is 23.1 Å². The number of nitrogens with one attached hydrogen (secondary N) is 1. The van der Waals surface area contributed by atoms with Crippen LogP contribution in [0.3, 0.4) is 0 Å². The van der Waals surface area contributed by atoms with Crippen molar-refractivity contribution in [2.24, 2.45) is 0 Å². The second-order valence-electron chi connectivity index (χ2n) is 5.99. The molecule has 0 unspecified atom stereocenters. The summed E-state index contributed by atoms with van der Waals surface area (Å²) in [6.07, 6.45) is 0.216. The third-order valence-electron chi connectivity index (χ3n) is 3.92. The van der Waals surface area contributed by atoms with Gasteiger partial charge in [-0.25, -0.2) is 4.98 Å². The van der Waals surface area contributed by atoms with Crippen molar-refractivity contribution in [2.45, 2.75) is 17.3 Å². The van der Waals surface area contributed by atoms with Crippen LogP contribution in [0.25, 0.3) is 0 Å². The highest BCUT2D eigenvalue weighted by molar-refractivity contribution is 8.01. The molecule has 0 aliphatic carbocycles. The molecule has 5 nitrogen and oxygen atoms in total. The average Bonchev–Trinajstić information content (AvgIpc) is 3.18. The van der Waals surface area contributed by atoms with E-state index < -0.39 is 0 Å². The quantitative estimate of drug-likeness (QED) is 0.425. The van der Waals surface area contributed by atoms with Gasteiger partial charge in [-0.1, -0.05) is 54.2 Å². The van der Waals surface area contributed by atoms with E-state index in [0.717, 1.165) is 15.7 Å². The van der Waals surface area contributed by atoms with E-state index in [1.807, 2.05) is 60.0 Å². The zero-order valence-electron chi connectivity index (χ0n) is 15.4. The van der Waals surface area contributed by atoms with Gasteiger partial charge >= 0.3 is 0 Å². The molecule has 1 aromatic heterocycles. The Morgan fingerprint density at radius 2 is 1.96 bits per heavy atom. The first-order chi connectivity index (χ1) is 13.6. The highest BCUT2D eigenvalue weighted by atomic mass is 32.2. The number of hydrogen-bond donors (Lipinski definition) is 1. The summed E-state index contributed by atoms with van der Waals surface area (Å²) < 4.78 is 5.97. The highest BCUT2D eigenvalue weighted by Gasteiger charge is 2.11. The molecule has 1 N–H and O–H groups in total. The first-order valence-corrected chi connectivity index (χ1v) is 10.6. The van der Waals surface area contributed by atoms with Gasteiger partial charge in [0.25, 0.3) is 0 Å². The summed E-state index contributed by atoms with van der Waals surface area (Å²) in [4.78, 5) is 28.8.